The number of benzene rings is 2. The van der Waals surface area contributed by atoms with E-state index in [4.69, 9.17) is 5.73 Å². The molecule has 2 aromatic heterocycles. The Hall–Kier alpha value is -4.86. The molecule has 0 radical (unpaired) electrons. The van der Waals surface area contributed by atoms with Gasteiger partial charge in [-0.15, -0.1) is 0 Å². The largest absolute Gasteiger partial charge is 0.366 e. The number of fused-ring (bicyclic) bond motifs is 1. The van der Waals surface area contributed by atoms with Crippen molar-refractivity contribution in [2.24, 2.45) is 11.7 Å². The molecule has 3 heterocycles. The molecule has 0 saturated heterocycles. The number of carbonyl (C=O) groups is 3. The lowest BCUT2D eigenvalue weighted by molar-refractivity contribution is -0.123. The van der Waals surface area contributed by atoms with Gasteiger partial charge in [-0.2, -0.15) is 0 Å². The van der Waals surface area contributed by atoms with Gasteiger partial charge in [-0.25, -0.2) is 8.78 Å². The van der Waals surface area contributed by atoms with Crippen LogP contribution in [0.5, 0.6) is 0 Å². The standard InChI is InChI=1S/C30H27F2N5O3/c1-17-10-21-7-9-37(29(21)36-30(17)40)16-26(38)35-25(13-18-11-22(31)15-23(32)12-18)27-24(6-3-8-34-27)19-4-2-5-20(14-19)28(33)39/h2-9,11-12,14-15,17,25H,10,13,16H2,1H3,(H2,33,39)(H,35,38)(H,36,40). The molecule has 5 rings (SSSR count). The van der Waals surface area contributed by atoms with Crippen molar-refractivity contribution >= 4 is 23.5 Å². The number of nitrogens with zero attached hydrogens (tertiary/aromatic N) is 2. The number of nitrogens with one attached hydrogen (secondary N) is 2. The van der Waals surface area contributed by atoms with Crippen LogP contribution in [0.4, 0.5) is 14.6 Å². The molecule has 3 amide bonds. The minimum Gasteiger partial charge on any atom is -0.366 e. The number of hydrogen-bond acceptors (Lipinski definition) is 4. The van der Waals surface area contributed by atoms with Crippen LogP contribution in [0.1, 0.15) is 40.1 Å². The summed E-state index contributed by atoms with van der Waals surface area (Å²) in [6.45, 7) is 1.74. The van der Waals surface area contributed by atoms with Crippen LogP contribution < -0.4 is 16.4 Å². The number of nitrogens with two attached hydrogens (primary N) is 1. The summed E-state index contributed by atoms with van der Waals surface area (Å²) in [6, 6.07) is 14.5. The third-order valence-electron chi connectivity index (χ3n) is 6.90. The van der Waals surface area contributed by atoms with Gasteiger partial charge >= 0.3 is 0 Å². The van der Waals surface area contributed by atoms with Crippen molar-refractivity contribution in [3.63, 3.8) is 0 Å². The highest BCUT2D eigenvalue weighted by atomic mass is 19.1. The fourth-order valence-corrected chi connectivity index (χ4v) is 4.98. The Kier molecular flexibility index (Phi) is 7.41. The van der Waals surface area contributed by atoms with Crippen LogP contribution in [0.25, 0.3) is 11.1 Å². The van der Waals surface area contributed by atoms with E-state index in [0.717, 1.165) is 11.6 Å². The Balaban J connectivity index is 1.49. The quantitative estimate of drug-likeness (QED) is 0.309. The molecule has 8 nitrogen and oxygen atoms in total. The number of anilines is 1. The normalized spacial score (nSPS) is 15.2. The molecule has 1 aliphatic rings. The molecule has 10 heteroatoms. The van der Waals surface area contributed by atoms with Crippen LogP contribution in [-0.2, 0) is 29.0 Å². The van der Waals surface area contributed by atoms with Crippen LogP contribution >= 0.6 is 0 Å². The molecule has 2 atom stereocenters. The van der Waals surface area contributed by atoms with E-state index in [9.17, 15) is 23.2 Å². The van der Waals surface area contributed by atoms with Crippen molar-refractivity contribution < 1.29 is 23.2 Å². The molecule has 40 heavy (non-hydrogen) atoms. The Labute approximate surface area is 229 Å². The maximum Gasteiger partial charge on any atom is 0.248 e. The summed E-state index contributed by atoms with van der Waals surface area (Å²) in [5, 5.41) is 5.82. The Bertz CT molecular complexity index is 1600. The third-order valence-corrected chi connectivity index (χ3v) is 6.90. The molecule has 0 fully saturated rings. The molecule has 1 aliphatic heterocycles. The number of aromatic nitrogens is 2. The van der Waals surface area contributed by atoms with Crippen molar-refractivity contribution in [2.45, 2.75) is 32.4 Å². The second kappa shape index (κ2) is 11.1. The summed E-state index contributed by atoms with van der Waals surface area (Å²) < 4.78 is 29.8. The lowest BCUT2D eigenvalue weighted by atomic mass is 9.94. The minimum atomic E-state index is -0.789. The number of primary amides is 1. The van der Waals surface area contributed by atoms with E-state index >= 15 is 0 Å². The van der Waals surface area contributed by atoms with E-state index in [-0.39, 0.29) is 24.8 Å². The second-order valence-corrected chi connectivity index (χ2v) is 9.90. The maximum absolute atomic E-state index is 14.1. The number of rotatable bonds is 8. The first kappa shape index (κ1) is 26.7. The maximum atomic E-state index is 14.1. The topological polar surface area (TPSA) is 119 Å². The van der Waals surface area contributed by atoms with Crippen molar-refractivity contribution in [3.8, 4) is 11.1 Å². The van der Waals surface area contributed by atoms with Gasteiger partial charge in [0.2, 0.25) is 17.7 Å². The molecule has 2 aromatic carbocycles. The van der Waals surface area contributed by atoms with Gasteiger partial charge in [-0.05, 0) is 65.9 Å². The van der Waals surface area contributed by atoms with E-state index in [1.165, 1.54) is 12.1 Å². The van der Waals surface area contributed by atoms with Crippen LogP contribution in [0, 0.1) is 17.6 Å². The van der Waals surface area contributed by atoms with Crippen LogP contribution in [0.2, 0.25) is 0 Å². The summed E-state index contributed by atoms with van der Waals surface area (Å²) in [4.78, 5) is 41.9. The lowest BCUT2D eigenvalue weighted by Crippen LogP contribution is -2.34. The van der Waals surface area contributed by atoms with Crippen molar-refractivity contribution in [1.29, 1.82) is 0 Å². The predicted octanol–water partition coefficient (Wildman–Crippen LogP) is 4.16. The van der Waals surface area contributed by atoms with Gasteiger partial charge in [0.05, 0.1) is 11.7 Å². The van der Waals surface area contributed by atoms with Crippen molar-refractivity contribution in [2.75, 3.05) is 5.32 Å². The number of amides is 3. The zero-order chi connectivity index (χ0) is 28.4. The van der Waals surface area contributed by atoms with Crippen molar-refractivity contribution in [3.05, 3.63) is 107 Å². The highest BCUT2D eigenvalue weighted by Gasteiger charge is 2.26. The molecule has 0 bridgehead atoms. The Morgan fingerprint density at radius 2 is 1.90 bits per heavy atom. The summed E-state index contributed by atoms with van der Waals surface area (Å²) in [7, 11) is 0. The molecule has 0 spiro atoms. The van der Waals surface area contributed by atoms with Gasteiger partial charge in [0.1, 0.15) is 24.0 Å². The zero-order valence-corrected chi connectivity index (χ0v) is 21.7. The summed E-state index contributed by atoms with van der Waals surface area (Å²) in [5.41, 5.74) is 8.74. The van der Waals surface area contributed by atoms with E-state index in [1.807, 2.05) is 13.0 Å². The first-order valence-corrected chi connectivity index (χ1v) is 12.8. The molecular formula is C30H27F2N5O3. The first-order chi connectivity index (χ1) is 19.2. The number of carbonyl (C=O) groups excluding carboxylic acids is 3. The Morgan fingerprint density at radius 1 is 1.12 bits per heavy atom. The Morgan fingerprint density at radius 3 is 2.65 bits per heavy atom. The second-order valence-electron chi connectivity index (χ2n) is 9.90. The van der Waals surface area contributed by atoms with Crippen LogP contribution in [0.15, 0.2) is 73.1 Å². The summed E-state index contributed by atoms with van der Waals surface area (Å²) >= 11 is 0. The SMILES string of the molecule is CC1Cc2ccn(CC(=O)NC(Cc3cc(F)cc(F)c3)c3ncccc3-c3cccc(C(N)=O)c3)c2NC1=O. The monoisotopic (exact) mass is 543 g/mol. The molecule has 0 saturated carbocycles. The van der Waals surface area contributed by atoms with Gasteiger partial charge in [0, 0.05) is 35.5 Å². The van der Waals surface area contributed by atoms with E-state index < -0.39 is 29.5 Å². The van der Waals surface area contributed by atoms with E-state index in [0.29, 0.717) is 40.2 Å². The van der Waals surface area contributed by atoms with Crippen LogP contribution in [0.3, 0.4) is 0 Å². The predicted molar refractivity (Wildman–Crippen MR) is 145 cm³/mol. The molecule has 4 N–H and O–H groups in total. The molecular weight excluding hydrogens is 516 g/mol. The lowest BCUT2D eigenvalue weighted by Gasteiger charge is -2.23. The van der Waals surface area contributed by atoms with Gasteiger partial charge in [-0.1, -0.05) is 25.1 Å². The number of hydrogen-bond donors (Lipinski definition) is 3. The molecule has 204 valence electrons. The average molecular weight is 544 g/mol. The molecule has 0 aliphatic carbocycles. The van der Waals surface area contributed by atoms with Gasteiger partial charge in [0.25, 0.3) is 0 Å². The van der Waals surface area contributed by atoms with Gasteiger partial charge in [-0.3, -0.25) is 19.4 Å². The van der Waals surface area contributed by atoms with Gasteiger partial charge in [0.15, 0.2) is 0 Å². The highest BCUT2D eigenvalue weighted by Crippen LogP contribution is 2.30. The third kappa shape index (κ3) is 5.75. The fraction of sp³-hybridized carbons (Fsp3) is 0.200. The summed E-state index contributed by atoms with van der Waals surface area (Å²) in [6.07, 6.45) is 3.91. The smallest absolute Gasteiger partial charge is 0.248 e. The minimum absolute atomic E-state index is 0.0397. The number of pyridine rings is 1. The highest BCUT2D eigenvalue weighted by molar-refractivity contribution is 5.95. The molecule has 2 unspecified atom stereocenters. The van der Waals surface area contributed by atoms with E-state index in [1.54, 1.807) is 53.4 Å². The average Bonchev–Trinajstić information content (AvgIpc) is 3.28. The van der Waals surface area contributed by atoms with Crippen molar-refractivity contribution in [1.82, 2.24) is 14.9 Å². The van der Waals surface area contributed by atoms with E-state index in [2.05, 4.69) is 15.6 Å². The number of halogens is 2. The summed E-state index contributed by atoms with van der Waals surface area (Å²) in [5.74, 6) is -2.17. The van der Waals surface area contributed by atoms with Crippen LogP contribution in [-0.4, -0.2) is 27.3 Å². The zero-order valence-electron chi connectivity index (χ0n) is 21.7. The molecule has 4 aromatic rings. The first-order valence-electron chi connectivity index (χ1n) is 12.8. The fourth-order valence-electron chi connectivity index (χ4n) is 4.98. The van der Waals surface area contributed by atoms with Gasteiger partial charge < -0.3 is 20.9 Å².